The molecule has 4 heteroatoms. The fraction of sp³-hybridized carbons (Fsp3) is 0.214. The second-order valence-corrected chi connectivity index (χ2v) is 4.71. The number of nitrogen functional groups attached to an aromatic ring is 1. The van der Waals surface area contributed by atoms with Gasteiger partial charge in [0, 0.05) is 30.0 Å². The molecule has 18 heavy (non-hydrogen) atoms. The van der Waals surface area contributed by atoms with Gasteiger partial charge in [-0.05, 0) is 30.7 Å². The Hall–Kier alpha value is -1.74. The van der Waals surface area contributed by atoms with E-state index >= 15 is 0 Å². The van der Waals surface area contributed by atoms with Crippen molar-refractivity contribution < 1.29 is 0 Å². The highest BCUT2D eigenvalue weighted by molar-refractivity contribution is 6.30. The number of nitrogens with two attached hydrogens (primary N) is 1. The van der Waals surface area contributed by atoms with Crippen molar-refractivity contribution in [2.24, 2.45) is 0 Å². The van der Waals surface area contributed by atoms with Crippen molar-refractivity contribution in [1.29, 1.82) is 0 Å². The second kappa shape index (κ2) is 5.27. The summed E-state index contributed by atoms with van der Waals surface area (Å²) in [6.45, 7) is 2.14. The molecule has 2 aromatic rings. The molecule has 1 atom stereocenters. The smallest absolute Gasteiger partial charge is 0.125 e. The monoisotopic (exact) mass is 261 g/mol. The van der Waals surface area contributed by atoms with Crippen LogP contribution in [0.25, 0.3) is 0 Å². The van der Waals surface area contributed by atoms with Gasteiger partial charge < -0.3 is 10.6 Å². The zero-order valence-corrected chi connectivity index (χ0v) is 11.2. The minimum atomic E-state index is 0.240. The van der Waals surface area contributed by atoms with Gasteiger partial charge in [0.05, 0.1) is 6.04 Å². The van der Waals surface area contributed by atoms with Crippen LogP contribution in [0, 0.1) is 0 Å². The summed E-state index contributed by atoms with van der Waals surface area (Å²) in [5.74, 6) is 0.530. The number of nitrogens with zero attached hydrogens (tertiary/aromatic N) is 2. The zero-order chi connectivity index (χ0) is 13.1. The van der Waals surface area contributed by atoms with Gasteiger partial charge in [0.1, 0.15) is 5.82 Å². The van der Waals surface area contributed by atoms with Gasteiger partial charge in [-0.15, -0.1) is 0 Å². The quantitative estimate of drug-likeness (QED) is 0.919. The normalized spacial score (nSPS) is 12.2. The van der Waals surface area contributed by atoms with Crippen LogP contribution in [0.3, 0.4) is 0 Å². The first-order valence-electron chi connectivity index (χ1n) is 5.78. The molecule has 0 saturated heterocycles. The lowest BCUT2D eigenvalue weighted by atomic mass is 10.1. The van der Waals surface area contributed by atoms with Gasteiger partial charge in [-0.1, -0.05) is 23.7 Å². The van der Waals surface area contributed by atoms with Crippen LogP contribution >= 0.6 is 11.6 Å². The Morgan fingerprint density at radius 2 is 1.89 bits per heavy atom. The molecule has 94 valence electrons. The van der Waals surface area contributed by atoms with Gasteiger partial charge >= 0.3 is 0 Å². The van der Waals surface area contributed by atoms with Gasteiger partial charge in [0.25, 0.3) is 0 Å². The van der Waals surface area contributed by atoms with E-state index in [1.165, 1.54) is 5.56 Å². The predicted molar refractivity (Wildman–Crippen MR) is 76.9 cm³/mol. The Morgan fingerprint density at radius 3 is 2.50 bits per heavy atom. The molecule has 3 nitrogen and oxygen atoms in total. The minimum absolute atomic E-state index is 0.240. The molecule has 0 amide bonds. The number of anilines is 2. The van der Waals surface area contributed by atoms with E-state index in [-0.39, 0.29) is 6.04 Å². The summed E-state index contributed by atoms with van der Waals surface area (Å²) >= 11 is 5.90. The first-order valence-corrected chi connectivity index (χ1v) is 6.15. The van der Waals surface area contributed by atoms with Gasteiger partial charge in [0.15, 0.2) is 0 Å². The van der Waals surface area contributed by atoms with Crippen molar-refractivity contribution in [2.45, 2.75) is 13.0 Å². The van der Waals surface area contributed by atoms with E-state index in [9.17, 15) is 0 Å². The number of benzene rings is 1. The van der Waals surface area contributed by atoms with Crippen molar-refractivity contribution in [3.05, 3.63) is 53.2 Å². The van der Waals surface area contributed by atoms with Crippen molar-refractivity contribution in [3.8, 4) is 0 Å². The van der Waals surface area contributed by atoms with Crippen LogP contribution in [0.15, 0.2) is 42.6 Å². The molecule has 0 radical (unpaired) electrons. The topological polar surface area (TPSA) is 42.2 Å². The third-order valence-corrected chi connectivity index (χ3v) is 3.36. The average molecular weight is 262 g/mol. The fourth-order valence-corrected chi connectivity index (χ4v) is 1.97. The number of hydrogen-bond donors (Lipinski definition) is 1. The molecule has 1 unspecified atom stereocenters. The van der Waals surface area contributed by atoms with Crippen molar-refractivity contribution in [1.82, 2.24) is 4.98 Å². The van der Waals surface area contributed by atoms with Gasteiger partial charge in [-0.3, -0.25) is 0 Å². The third-order valence-electron chi connectivity index (χ3n) is 3.11. The Balaban J connectivity index is 2.23. The summed E-state index contributed by atoms with van der Waals surface area (Å²) in [6.07, 6.45) is 1.72. The maximum absolute atomic E-state index is 5.90. The first-order chi connectivity index (χ1) is 8.58. The number of pyridine rings is 1. The number of hydrogen-bond acceptors (Lipinski definition) is 3. The number of rotatable bonds is 3. The Kier molecular flexibility index (Phi) is 3.72. The SMILES string of the molecule is CC(c1ccc(Cl)cc1)N(C)c1ccnc(N)c1. The molecule has 0 aliphatic carbocycles. The summed E-state index contributed by atoms with van der Waals surface area (Å²) in [5.41, 5.74) is 7.95. The number of halogens is 1. The third kappa shape index (κ3) is 2.74. The maximum atomic E-state index is 5.90. The average Bonchev–Trinajstić information content (AvgIpc) is 2.38. The summed E-state index contributed by atoms with van der Waals surface area (Å²) in [4.78, 5) is 6.15. The second-order valence-electron chi connectivity index (χ2n) is 4.28. The first kappa shape index (κ1) is 12.7. The molecule has 0 saturated carbocycles. The molecule has 2 rings (SSSR count). The number of aromatic nitrogens is 1. The lowest BCUT2D eigenvalue weighted by Gasteiger charge is -2.27. The van der Waals surface area contributed by atoms with Crippen LogP contribution in [-0.4, -0.2) is 12.0 Å². The molecular weight excluding hydrogens is 246 g/mol. The van der Waals surface area contributed by atoms with E-state index in [1.54, 1.807) is 6.20 Å². The lowest BCUT2D eigenvalue weighted by Crippen LogP contribution is -2.21. The highest BCUT2D eigenvalue weighted by atomic mass is 35.5. The van der Waals surface area contributed by atoms with E-state index < -0.39 is 0 Å². The molecule has 2 N–H and O–H groups in total. The van der Waals surface area contributed by atoms with Crippen LogP contribution in [-0.2, 0) is 0 Å². The van der Waals surface area contributed by atoms with E-state index in [1.807, 2.05) is 43.4 Å². The largest absolute Gasteiger partial charge is 0.384 e. The summed E-state index contributed by atoms with van der Waals surface area (Å²) in [6, 6.07) is 11.9. The Labute approximate surface area is 112 Å². The molecule has 0 aliphatic heterocycles. The zero-order valence-electron chi connectivity index (χ0n) is 10.5. The summed E-state index contributed by atoms with van der Waals surface area (Å²) in [7, 11) is 2.04. The van der Waals surface area contributed by atoms with Gasteiger partial charge in [-0.2, -0.15) is 0 Å². The van der Waals surface area contributed by atoms with Crippen LogP contribution in [0.2, 0.25) is 5.02 Å². The Bertz CT molecular complexity index is 525. The van der Waals surface area contributed by atoms with E-state index in [0.717, 1.165) is 10.7 Å². The van der Waals surface area contributed by atoms with Crippen LogP contribution < -0.4 is 10.6 Å². The van der Waals surface area contributed by atoms with Crippen molar-refractivity contribution >= 4 is 23.1 Å². The van der Waals surface area contributed by atoms with Gasteiger partial charge in [0.2, 0.25) is 0 Å². The van der Waals surface area contributed by atoms with Crippen molar-refractivity contribution in [3.63, 3.8) is 0 Å². The van der Waals surface area contributed by atoms with Crippen LogP contribution in [0.4, 0.5) is 11.5 Å². The van der Waals surface area contributed by atoms with E-state index in [2.05, 4.69) is 16.8 Å². The molecule has 1 heterocycles. The highest BCUT2D eigenvalue weighted by Crippen LogP contribution is 2.26. The minimum Gasteiger partial charge on any atom is -0.384 e. The molecule has 1 aromatic heterocycles. The standard InChI is InChI=1S/C14H16ClN3/c1-10(11-3-5-12(15)6-4-11)18(2)13-7-8-17-14(16)9-13/h3-10H,1-2H3,(H2,16,17). The molecule has 0 fully saturated rings. The summed E-state index contributed by atoms with van der Waals surface area (Å²) < 4.78 is 0. The van der Waals surface area contributed by atoms with Crippen LogP contribution in [0.1, 0.15) is 18.5 Å². The summed E-state index contributed by atoms with van der Waals surface area (Å²) in [5, 5.41) is 0.752. The molecule has 1 aromatic carbocycles. The fourth-order valence-electron chi connectivity index (χ4n) is 1.84. The van der Waals surface area contributed by atoms with Crippen LogP contribution in [0.5, 0.6) is 0 Å². The molecular formula is C14H16ClN3. The molecule has 0 aliphatic rings. The Morgan fingerprint density at radius 1 is 1.22 bits per heavy atom. The van der Waals surface area contributed by atoms with E-state index in [0.29, 0.717) is 5.82 Å². The highest BCUT2D eigenvalue weighted by Gasteiger charge is 2.12. The molecule has 0 bridgehead atoms. The molecule has 0 spiro atoms. The van der Waals surface area contributed by atoms with E-state index in [4.69, 9.17) is 17.3 Å². The maximum Gasteiger partial charge on any atom is 0.125 e. The van der Waals surface area contributed by atoms with Gasteiger partial charge in [-0.25, -0.2) is 4.98 Å². The lowest BCUT2D eigenvalue weighted by molar-refractivity contribution is 0.739. The predicted octanol–water partition coefficient (Wildman–Crippen LogP) is 3.51. The van der Waals surface area contributed by atoms with Crippen molar-refractivity contribution in [2.75, 3.05) is 17.7 Å².